The van der Waals surface area contributed by atoms with Crippen LogP contribution in [0.3, 0.4) is 0 Å². The van der Waals surface area contributed by atoms with E-state index in [1.54, 1.807) is 0 Å². The second-order valence-corrected chi connectivity index (χ2v) is 6.51. The Labute approximate surface area is 138 Å². The summed E-state index contributed by atoms with van der Waals surface area (Å²) in [5, 5.41) is 0. The van der Waals surface area contributed by atoms with Gasteiger partial charge in [0.05, 0.1) is 0 Å². The first-order valence-corrected chi connectivity index (χ1v) is 9.70. The van der Waals surface area contributed by atoms with Crippen molar-refractivity contribution in [3.8, 4) is 0 Å². The molecule has 22 heavy (non-hydrogen) atoms. The number of carbonyl (C=O) groups is 1. The molecule has 0 aliphatic rings. The molecule has 2 N–H and O–H groups in total. The Morgan fingerprint density at radius 2 is 1.09 bits per heavy atom. The molecule has 2 nitrogen and oxygen atoms in total. The molecule has 0 bridgehead atoms. The van der Waals surface area contributed by atoms with Gasteiger partial charge in [0.2, 0.25) is 5.91 Å². The third-order valence-electron chi connectivity index (χ3n) is 4.20. The molecule has 0 fully saturated rings. The fraction of sp³-hybridized carbons (Fsp3) is 0.850. The first-order chi connectivity index (χ1) is 10.8. The van der Waals surface area contributed by atoms with E-state index in [0.717, 1.165) is 12.8 Å². The minimum Gasteiger partial charge on any atom is -0.370 e. The van der Waals surface area contributed by atoms with Gasteiger partial charge in [-0.1, -0.05) is 96.1 Å². The van der Waals surface area contributed by atoms with Crippen LogP contribution in [0.2, 0.25) is 0 Å². The summed E-state index contributed by atoms with van der Waals surface area (Å²) >= 11 is 0. The minimum atomic E-state index is -0.203. The van der Waals surface area contributed by atoms with Gasteiger partial charge in [-0.3, -0.25) is 4.79 Å². The third-order valence-corrected chi connectivity index (χ3v) is 4.20. The van der Waals surface area contributed by atoms with Crippen LogP contribution in [0.4, 0.5) is 0 Å². The van der Waals surface area contributed by atoms with Gasteiger partial charge in [0.15, 0.2) is 0 Å². The molecule has 0 aromatic heterocycles. The molecule has 0 aromatic rings. The van der Waals surface area contributed by atoms with Crippen LogP contribution >= 0.6 is 0 Å². The highest BCUT2D eigenvalue weighted by molar-refractivity contribution is 5.73. The normalized spacial score (nSPS) is 11.3. The SMILES string of the molecule is CCCCCCCCCCCCCCCC=CCCC(N)=O. The zero-order valence-corrected chi connectivity index (χ0v) is 15.0. The topological polar surface area (TPSA) is 43.1 Å². The summed E-state index contributed by atoms with van der Waals surface area (Å²) in [6.07, 6.45) is 25.0. The van der Waals surface area contributed by atoms with Crippen molar-refractivity contribution in [1.82, 2.24) is 0 Å². The number of rotatable bonds is 17. The lowest BCUT2D eigenvalue weighted by Gasteiger charge is -2.02. The predicted octanol–water partition coefficient (Wildman–Crippen LogP) is 6.29. The fourth-order valence-electron chi connectivity index (χ4n) is 2.74. The fourth-order valence-corrected chi connectivity index (χ4v) is 2.74. The van der Waals surface area contributed by atoms with Crippen molar-refractivity contribution in [3.63, 3.8) is 0 Å². The maximum atomic E-state index is 10.5. The molecule has 0 rings (SSSR count). The summed E-state index contributed by atoms with van der Waals surface area (Å²) in [6.45, 7) is 2.28. The van der Waals surface area contributed by atoms with Crippen LogP contribution in [0.5, 0.6) is 0 Å². The monoisotopic (exact) mass is 309 g/mol. The van der Waals surface area contributed by atoms with Crippen molar-refractivity contribution in [2.75, 3.05) is 0 Å². The highest BCUT2D eigenvalue weighted by atomic mass is 16.1. The highest BCUT2D eigenvalue weighted by Gasteiger charge is 1.93. The van der Waals surface area contributed by atoms with Crippen LogP contribution < -0.4 is 5.73 Å². The number of allylic oxidation sites excluding steroid dienone is 2. The smallest absolute Gasteiger partial charge is 0.217 e. The van der Waals surface area contributed by atoms with Crippen LogP contribution in [-0.4, -0.2) is 5.91 Å². The van der Waals surface area contributed by atoms with Crippen LogP contribution in [0.15, 0.2) is 12.2 Å². The van der Waals surface area contributed by atoms with Crippen molar-refractivity contribution < 1.29 is 4.79 Å². The molecule has 0 saturated carbocycles. The number of nitrogens with two attached hydrogens (primary N) is 1. The van der Waals surface area contributed by atoms with E-state index >= 15 is 0 Å². The molecule has 0 aromatic carbocycles. The summed E-state index contributed by atoms with van der Waals surface area (Å²) in [5.41, 5.74) is 5.09. The third kappa shape index (κ3) is 19.2. The number of carbonyl (C=O) groups excluding carboxylic acids is 1. The Balaban J connectivity index is 3.04. The van der Waals surface area contributed by atoms with E-state index in [0.29, 0.717) is 6.42 Å². The maximum Gasteiger partial charge on any atom is 0.217 e. The molecule has 0 heterocycles. The highest BCUT2D eigenvalue weighted by Crippen LogP contribution is 2.13. The van der Waals surface area contributed by atoms with Crippen molar-refractivity contribution >= 4 is 5.91 Å². The van der Waals surface area contributed by atoms with Gasteiger partial charge >= 0.3 is 0 Å². The van der Waals surface area contributed by atoms with Crippen LogP contribution in [-0.2, 0) is 4.79 Å². The summed E-state index contributed by atoms with van der Waals surface area (Å²) in [7, 11) is 0. The molecule has 0 saturated heterocycles. The molecule has 0 aliphatic carbocycles. The summed E-state index contributed by atoms with van der Waals surface area (Å²) in [6, 6.07) is 0. The lowest BCUT2D eigenvalue weighted by atomic mass is 10.0. The first kappa shape index (κ1) is 21.2. The van der Waals surface area contributed by atoms with Gasteiger partial charge in [-0.05, 0) is 19.3 Å². The number of hydrogen-bond donors (Lipinski definition) is 1. The molecule has 0 unspecified atom stereocenters. The van der Waals surface area contributed by atoms with Crippen LogP contribution in [0.1, 0.15) is 110 Å². The number of amides is 1. The minimum absolute atomic E-state index is 0.203. The Hall–Kier alpha value is -0.790. The van der Waals surface area contributed by atoms with E-state index in [4.69, 9.17) is 5.73 Å². The molecule has 0 atom stereocenters. The number of primary amides is 1. The van der Waals surface area contributed by atoms with E-state index in [-0.39, 0.29) is 5.91 Å². The predicted molar refractivity (Wildman–Crippen MR) is 97.9 cm³/mol. The van der Waals surface area contributed by atoms with Gasteiger partial charge in [-0.2, -0.15) is 0 Å². The van der Waals surface area contributed by atoms with Gasteiger partial charge in [0, 0.05) is 6.42 Å². The molecular formula is C20H39NO. The van der Waals surface area contributed by atoms with Gasteiger partial charge < -0.3 is 5.73 Å². The molecule has 0 aliphatic heterocycles. The zero-order chi connectivity index (χ0) is 16.3. The molecule has 130 valence electrons. The van der Waals surface area contributed by atoms with E-state index in [1.165, 1.54) is 83.5 Å². The van der Waals surface area contributed by atoms with E-state index < -0.39 is 0 Å². The van der Waals surface area contributed by atoms with Crippen LogP contribution in [0, 0.1) is 0 Å². The maximum absolute atomic E-state index is 10.5. The molecule has 0 spiro atoms. The quantitative estimate of drug-likeness (QED) is 0.249. The Morgan fingerprint density at radius 3 is 1.55 bits per heavy atom. The van der Waals surface area contributed by atoms with Crippen molar-refractivity contribution in [2.24, 2.45) is 5.73 Å². The van der Waals surface area contributed by atoms with Gasteiger partial charge in [0.25, 0.3) is 0 Å². The molecule has 0 radical (unpaired) electrons. The van der Waals surface area contributed by atoms with Gasteiger partial charge in [-0.15, -0.1) is 0 Å². The lowest BCUT2D eigenvalue weighted by molar-refractivity contribution is -0.117. The van der Waals surface area contributed by atoms with Crippen molar-refractivity contribution in [1.29, 1.82) is 0 Å². The van der Waals surface area contributed by atoms with Gasteiger partial charge in [0.1, 0.15) is 0 Å². The summed E-state index contributed by atoms with van der Waals surface area (Å²) in [5.74, 6) is -0.203. The number of unbranched alkanes of at least 4 members (excludes halogenated alkanes) is 13. The van der Waals surface area contributed by atoms with Gasteiger partial charge in [-0.25, -0.2) is 0 Å². The van der Waals surface area contributed by atoms with Crippen molar-refractivity contribution in [2.45, 2.75) is 110 Å². The Morgan fingerprint density at radius 1 is 0.682 bits per heavy atom. The molecule has 1 amide bonds. The standard InChI is InChI=1S/C20H39NO/c1-2-3-4-5-6-7-8-9-10-11-12-13-14-15-16-17-18-19-20(21)22/h16-17H,2-15,18-19H2,1H3,(H2,21,22). The average molecular weight is 310 g/mol. The van der Waals surface area contributed by atoms with Crippen molar-refractivity contribution in [3.05, 3.63) is 12.2 Å². The summed E-state index contributed by atoms with van der Waals surface area (Å²) < 4.78 is 0. The Kier molecular flexibility index (Phi) is 17.6. The van der Waals surface area contributed by atoms with E-state index in [1.807, 2.05) is 0 Å². The van der Waals surface area contributed by atoms with E-state index in [2.05, 4.69) is 19.1 Å². The van der Waals surface area contributed by atoms with Crippen LogP contribution in [0.25, 0.3) is 0 Å². The second kappa shape index (κ2) is 18.3. The summed E-state index contributed by atoms with van der Waals surface area (Å²) in [4.78, 5) is 10.5. The largest absolute Gasteiger partial charge is 0.370 e. The average Bonchev–Trinajstić information content (AvgIpc) is 2.50. The second-order valence-electron chi connectivity index (χ2n) is 6.51. The lowest BCUT2D eigenvalue weighted by Crippen LogP contribution is -2.08. The number of hydrogen-bond acceptors (Lipinski definition) is 1. The zero-order valence-electron chi connectivity index (χ0n) is 15.0. The molecular weight excluding hydrogens is 270 g/mol. The first-order valence-electron chi connectivity index (χ1n) is 9.70. The van der Waals surface area contributed by atoms with E-state index in [9.17, 15) is 4.79 Å². The Bertz CT molecular complexity index is 260. The molecule has 2 heteroatoms.